The number of hydrogen-bond acceptors (Lipinski definition) is 8. The summed E-state index contributed by atoms with van der Waals surface area (Å²) in [6.45, 7) is 0. The molecule has 0 atom stereocenters. The van der Waals surface area contributed by atoms with Crippen LogP contribution in [0.5, 0.6) is 11.5 Å². The molecular weight excluding hydrogens is 350 g/mol. The lowest BCUT2D eigenvalue weighted by Crippen LogP contribution is -1.97. The smallest absolute Gasteiger partial charge is 0.195 e. The van der Waals surface area contributed by atoms with E-state index in [2.05, 4.69) is 26.3 Å². The van der Waals surface area contributed by atoms with Crippen LogP contribution in [0.2, 0.25) is 0 Å². The lowest BCUT2D eigenvalue weighted by atomic mass is 10.2. The molecule has 0 aliphatic heterocycles. The lowest BCUT2D eigenvalue weighted by molar-refractivity contribution is 0.395. The SMILES string of the molecule is COc1cc(Nc2ncnc3ccc4nc(C#N)sc4c23)cc(OC)c1. The van der Waals surface area contributed by atoms with E-state index in [0.717, 1.165) is 26.8 Å². The van der Waals surface area contributed by atoms with Crippen molar-refractivity contribution >= 4 is 44.0 Å². The van der Waals surface area contributed by atoms with Gasteiger partial charge < -0.3 is 14.8 Å². The van der Waals surface area contributed by atoms with Crippen molar-refractivity contribution in [3.63, 3.8) is 0 Å². The summed E-state index contributed by atoms with van der Waals surface area (Å²) in [5.74, 6) is 1.96. The van der Waals surface area contributed by atoms with Gasteiger partial charge in [-0.1, -0.05) is 0 Å². The molecule has 4 rings (SSSR count). The molecule has 0 unspecified atom stereocenters. The van der Waals surface area contributed by atoms with Crippen molar-refractivity contribution in [1.82, 2.24) is 15.0 Å². The molecule has 2 aromatic heterocycles. The summed E-state index contributed by atoms with van der Waals surface area (Å²) in [7, 11) is 3.20. The monoisotopic (exact) mass is 363 g/mol. The second-order valence-corrected chi connectivity index (χ2v) is 6.39. The van der Waals surface area contributed by atoms with E-state index in [1.807, 2.05) is 24.3 Å². The number of hydrogen-bond donors (Lipinski definition) is 1. The topological polar surface area (TPSA) is 93.0 Å². The molecule has 0 fully saturated rings. The number of fused-ring (bicyclic) bond motifs is 3. The number of benzene rings is 2. The van der Waals surface area contributed by atoms with Crippen LogP contribution in [-0.2, 0) is 0 Å². The molecule has 2 heterocycles. The van der Waals surface area contributed by atoms with Gasteiger partial charge in [0.15, 0.2) is 5.01 Å². The normalized spacial score (nSPS) is 10.7. The van der Waals surface area contributed by atoms with Crippen LogP contribution in [0.1, 0.15) is 5.01 Å². The molecule has 0 radical (unpaired) electrons. The molecule has 128 valence electrons. The third-order valence-electron chi connectivity index (χ3n) is 3.87. The quantitative estimate of drug-likeness (QED) is 0.588. The maximum atomic E-state index is 9.15. The highest BCUT2D eigenvalue weighted by Crippen LogP contribution is 2.35. The van der Waals surface area contributed by atoms with Crippen molar-refractivity contribution in [2.45, 2.75) is 0 Å². The van der Waals surface area contributed by atoms with Crippen molar-refractivity contribution in [2.24, 2.45) is 0 Å². The number of nitrogens with zero attached hydrogens (tertiary/aromatic N) is 4. The number of anilines is 2. The van der Waals surface area contributed by atoms with Crippen molar-refractivity contribution in [1.29, 1.82) is 5.26 Å². The van der Waals surface area contributed by atoms with Gasteiger partial charge in [-0.05, 0) is 12.1 Å². The van der Waals surface area contributed by atoms with Crippen molar-refractivity contribution in [3.8, 4) is 17.6 Å². The van der Waals surface area contributed by atoms with Gasteiger partial charge in [-0.2, -0.15) is 5.26 Å². The van der Waals surface area contributed by atoms with Gasteiger partial charge in [-0.15, -0.1) is 11.3 Å². The first-order valence-corrected chi connectivity index (χ1v) is 8.48. The summed E-state index contributed by atoms with van der Waals surface area (Å²) in [5, 5.41) is 13.7. The molecule has 0 saturated carbocycles. The van der Waals surface area contributed by atoms with E-state index in [1.54, 1.807) is 20.3 Å². The van der Waals surface area contributed by atoms with Gasteiger partial charge in [0.1, 0.15) is 29.7 Å². The number of thiazole rings is 1. The van der Waals surface area contributed by atoms with Gasteiger partial charge in [-0.25, -0.2) is 15.0 Å². The largest absolute Gasteiger partial charge is 0.497 e. The first-order valence-electron chi connectivity index (χ1n) is 7.66. The van der Waals surface area contributed by atoms with E-state index in [4.69, 9.17) is 14.7 Å². The Hall–Kier alpha value is -3.44. The molecule has 7 nitrogen and oxygen atoms in total. The minimum absolute atomic E-state index is 0.408. The summed E-state index contributed by atoms with van der Waals surface area (Å²) < 4.78 is 11.5. The van der Waals surface area contributed by atoms with E-state index in [1.165, 1.54) is 17.7 Å². The molecule has 1 N–H and O–H groups in total. The van der Waals surface area contributed by atoms with Crippen LogP contribution in [0.3, 0.4) is 0 Å². The van der Waals surface area contributed by atoms with Crippen LogP contribution in [0.25, 0.3) is 21.1 Å². The number of rotatable bonds is 4. The molecule has 26 heavy (non-hydrogen) atoms. The zero-order valence-electron chi connectivity index (χ0n) is 14.0. The fourth-order valence-corrected chi connectivity index (χ4v) is 3.59. The summed E-state index contributed by atoms with van der Waals surface area (Å²) in [6.07, 6.45) is 1.50. The molecule has 0 spiro atoms. The highest BCUT2D eigenvalue weighted by molar-refractivity contribution is 7.20. The summed E-state index contributed by atoms with van der Waals surface area (Å²) in [6, 6.07) is 11.3. The standard InChI is InChI=1S/C18H13N5O2S/c1-24-11-5-10(6-12(7-11)25-2)22-18-16-13(20-9-21-18)3-4-14-17(16)26-15(8-19)23-14/h3-7,9H,1-2H3,(H,20,21,22). The van der Waals surface area contributed by atoms with E-state index in [9.17, 15) is 0 Å². The molecule has 0 amide bonds. The molecule has 0 aliphatic rings. The Balaban J connectivity index is 1.89. The molecule has 2 aromatic carbocycles. The summed E-state index contributed by atoms with van der Waals surface area (Å²) in [5.41, 5.74) is 2.29. The van der Waals surface area contributed by atoms with E-state index >= 15 is 0 Å². The Morgan fingerprint density at radius 2 is 1.77 bits per heavy atom. The van der Waals surface area contributed by atoms with Gasteiger partial charge in [0.2, 0.25) is 0 Å². The van der Waals surface area contributed by atoms with Crippen LogP contribution in [0.4, 0.5) is 11.5 Å². The van der Waals surface area contributed by atoms with Gasteiger partial charge in [-0.3, -0.25) is 0 Å². The average molecular weight is 363 g/mol. The van der Waals surface area contributed by atoms with E-state index < -0.39 is 0 Å². The van der Waals surface area contributed by atoms with Crippen molar-refractivity contribution in [2.75, 3.05) is 19.5 Å². The predicted octanol–water partition coefficient (Wildman–Crippen LogP) is 3.87. The molecule has 0 saturated heterocycles. The number of methoxy groups -OCH3 is 2. The average Bonchev–Trinajstić information content (AvgIpc) is 3.11. The van der Waals surface area contributed by atoms with Crippen LogP contribution in [-0.4, -0.2) is 29.2 Å². The van der Waals surface area contributed by atoms with Crippen molar-refractivity contribution in [3.05, 3.63) is 41.7 Å². The fourth-order valence-electron chi connectivity index (χ4n) is 2.69. The van der Waals surface area contributed by atoms with Gasteiger partial charge in [0.05, 0.1) is 35.3 Å². The first-order chi connectivity index (χ1) is 12.7. The second-order valence-electron chi connectivity index (χ2n) is 5.39. The second kappa shape index (κ2) is 6.46. The highest BCUT2D eigenvalue weighted by Gasteiger charge is 2.13. The molecule has 4 aromatic rings. The minimum Gasteiger partial charge on any atom is -0.497 e. The van der Waals surface area contributed by atoms with Crippen LogP contribution < -0.4 is 14.8 Å². The number of nitrogens with one attached hydrogen (secondary N) is 1. The molecular formula is C18H13N5O2S. The number of aromatic nitrogens is 3. The van der Waals surface area contributed by atoms with Crippen LogP contribution in [0.15, 0.2) is 36.7 Å². The Labute approximate surface area is 152 Å². The Morgan fingerprint density at radius 3 is 2.46 bits per heavy atom. The maximum Gasteiger partial charge on any atom is 0.195 e. The Kier molecular flexibility index (Phi) is 3.99. The summed E-state index contributed by atoms with van der Waals surface area (Å²) >= 11 is 1.33. The van der Waals surface area contributed by atoms with Gasteiger partial charge in [0, 0.05) is 23.9 Å². The zero-order chi connectivity index (χ0) is 18.1. The van der Waals surface area contributed by atoms with E-state index in [0.29, 0.717) is 22.3 Å². The zero-order valence-corrected chi connectivity index (χ0v) is 14.8. The lowest BCUT2D eigenvalue weighted by Gasteiger charge is -2.11. The molecule has 0 bridgehead atoms. The Bertz CT molecular complexity index is 1140. The number of ether oxygens (including phenoxy) is 2. The maximum absolute atomic E-state index is 9.15. The predicted molar refractivity (Wildman–Crippen MR) is 100 cm³/mol. The highest BCUT2D eigenvalue weighted by atomic mass is 32.1. The van der Waals surface area contributed by atoms with Crippen LogP contribution >= 0.6 is 11.3 Å². The third kappa shape index (κ3) is 2.74. The number of nitriles is 1. The Morgan fingerprint density at radius 1 is 1.04 bits per heavy atom. The fraction of sp³-hybridized carbons (Fsp3) is 0.111. The van der Waals surface area contributed by atoms with Crippen molar-refractivity contribution < 1.29 is 9.47 Å². The third-order valence-corrected chi connectivity index (χ3v) is 4.86. The van der Waals surface area contributed by atoms with Gasteiger partial charge in [0.25, 0.3) is 0 Å². The van der Waals surface area contributed by atoms with Crippen LogP contribution in [0, 0.1) is 11.3 Å². The van der Waals surface area contributed by atoms with E-state index in [-0.39, 0.29) is 0 Å². The van der Waals surface area contributed by atoms with Gasteiger partial charge >= 0.3 is 0 Å². The first kappa shape index (κ1) is 16.1. The minimum atomic E-state index is 0.408. The summed E-state index contributed by atoms with van der Waals surface area (Å²) in [4.78, 5) is 13.0. The molecule has 0 aliphatic carbocycles. The molecule has 8 heteroatoms.